The summed E-state index contributed by atoms with van der Waals surface area (Å²) in [7, 11) is 0. The molecule has 0 aliphatic carbocycles. The second kappa shape index (κ2) is 4.32. The van der Waals surface area contributed by atoms with E-state index in [0.29, 0.717) is 11.4 Å². The van der Waals surface area contributed by atoms with Crippen LogP contribution in [0, 0.1) is 5.82 Å². The van der Waals surface area contributed by atoms with Gasteiger partial charge >= 0.3 is 5.97 Å². The SMILES string of the molecule is O=C(O)CC1=NN(c2ccc(F)cc2)C(=O)C1. The van der Waals surface area contributed by atoms with Gasteiger partial charge in [0.1, 0.15) is 5.82 Å². The van der Waals surface area contributed by atoms with Gasteiger partial charge in [0.25, 0.3) is 5.91 Å². The zero-order valence-electron chi connectivity index (χ0n) is 8.76. The van der Waals surface area contributed by atoms with Gasteiger partial charge < -0.3 is 5.11 Å². The minimum atomic E-state index is -1.03. The third-order valence-corrected chi connectivity index (χ3v) is 2.26. The van der Waals surface area contributed by atoms with Crippen molar-refractivity contribution in [1.29, 1.82) is 0 Å². The highest BCUT2D eigenvalue weighted by atomic mass is 19.1. The molecule has 0 saturated carbocycles. The maximum atomic E-state index is 12.7. The molecule has 2 rings (SSSR count). The molecule has 1 aliphatic heterocycles. The molecule has 0 atom stereocenters. The highest BCUT2D eigenvalue weighted by Gasteiger charge is 2.26. The van der Waals surface area contributed by atoms with Crippen molar-refractivity contribution >= 4 is 23.3 Å². The molecule has 0 radical (unpaired) electrons. The first-order chi connectivity index (χ1) is 8.06. The van der Waals surface area contributed by atoms with E-state index in [1.54, 1.807) is 0 Å². The third-order valence-electron chi connectivity index (χ3n) is 2.26. The summed E-state index contributed by atoms with van der Waals surface area (Å²) in [6, 6.07) is 5.27. The largest absolute Gasteiger partial charge is 0.481 e. The van der Waals surface area contributed by atoms with Crippen LogP contribution in [0.5, 0.6) is 0 Å². The summed E-state index contributed by atoms with van der Waals surface area (Å²) in [5, 5.41) is 13.6. The molecular formula is C11H9FN2O3. The van der Waals surface area contributed by atoms with Crippen LogP contribution in [0.15, 0.2) is 29.4 Å². The predicted molar refractivity (Wildman–Crippen MR) is 58.2 cm³/mol. The van der Waals surface area contributed by atoms with Crippen LogP contribution in [0.4, 0.5) is 10.1 Å². The first kappa shape index (κ1) is 11.3. The van der Waals surface area contributed by atoms with Crippen molar-refractivity contribution in [1.82, 2.24) is 0 Å². The quantitative estimate of drug-likeness (QED) is 0.862. The number of hydrazone groups is 1. The molecule has 0 bridgehead atoms. The Kier molecular flexibility index (Phi) is 2.86. The van der Waals surface area contributed by atoms with E-state index in [1.807, 2.05) is 0 Å². The van der Waals surface area contributed by atoms with Crippen molar-refractivity contribution in [2.45, 2.75) is 12.8 Å². The Morgan fingerprint density at radius 3 is 2.65 bits per heavy atom. The second-order valence-electron chi connectivity index (χ2n) is 3.60. The number of hydrogen-bond acceptors (Lipinski definition) is 3. The molecule has 1 N–H and O–H groups in total. The lowest BCUT2D eigenvalue weighted by molar-refractivity contribution is -0.135. The molecule has 1 aromatic rings. The Balaban J connectivity index is 2.21. The van der Waals surface area contributed by atoms with Crippen LogP contribution in [-0.2, 0) is 9.59 Å². The highest BCUT2D eigenvalue weighted by molar-refractivity contribution is 6.16. The van der Waals surface area contributed by atoms with Gasteiger partial charge in [0.2, 0.25) is 0 Å². The number of aliphatic carboxylic acids is 1. The average molecular weight is 236 g/mol. The zero-order valence-corrected chi connectivity index (χ0v) is 8.76. The van der Waals surface area contributed by atoms with Crippen LogP contribution < -0.4 is 5.01 Å². The molecule has 6 heteroatoms. The Bertz CT molecular complexity index is 496. The fourth-order valence-corrected chi connectivity index (χ4v) is 1.54. The molecule has 0 spiro atoms. The molecule has 1 aliphatic rings. The summed E-state index contributed by atoms with van der Waals surface area (Å²) in [6.45, 7) is 0. The first-order valence-corrected chi connectivity index (χ1v) is 4.93. The lowest BCUT2D eigenvalue weighted by Gasteiger charge is -2.10. The van der Waals surface area contributed by atoms with Crippen molar-refractivity contribution in [2.75, 3.05) is 5.01 Å². The fourth-order valence-electron chi connectivity index (χ4n) is 1.54. The molecule has 1 heterocycles. The van der Waals surface area contributed by atoms with Crippen LogP contribution in [0.25, 0.3) is 0 Å². The summed E-state index contributed by atoms with van der Waals surface area (Å²) in [5.74, 6) is -1.75. The van der Waals surface area contributed by atoms with Crippen LogP contribution in [0.1, 0.15) is 12.8 Å². The number of carbonyl (C=O) groups is 2. The summed E-state index contributed by atoms with van der Waals surface area (Å²) in [6.07, 6.45) is -0.271. The van der Waals surface area contributed by atoms with E-state index in [9.17, 15) is 14.0 Å². The predicted octanol–water partition coefficient (Wildman–Crippen LogP) is 1.39. The molecule has 1 amide bonds. The normalized spacial score (nSPS) is 15.0. The smallest absolute Gasteiger partial charge is 0.309 e. The summed E-state index contributed by atoms with van der Waals surface area (Å²) < 4.78 is 12.7. The second-order valence-corrected chi connectivity index (χ2v) is 3.60. The lowest BCUT2D eigenvalue weighted by atomic mass is 10.2. The molecule has 0 saturated heterocycles. The number of nitrogens with zero attached hydrogens (tertiary/aromatic N) is 2. The summed E-state index contributed by atoms with van der Waals surface area (Å²) >= 11 is 0. The Morgan fingerprint density at radius 1 is 1.41 bits per heavy atom. The van der Waals surface area contributed by atoms with Gasteiger partial charge in [-0.15, -0.1) is 0 Å². The van der Waals surface area contributed by atoms with E-state index in [-0.39, 0.29) is 18.7 Å². The standard InChI is InChI=1S/C11H9FN2O3/c12-7-1-3-9(4-2-7)14-10(15)5-8(13-14)6-11(16)17/h1-4H,5-6H2,(H,16,17). The van der Waals surface area contributed by atoms with Crippen molar-refractivity contribution in [3.8, 4) is 0 Å². The van der Waals surface area contributed by atoms with E-state index in [0.717, 1.165) is 5.01 Å². The number of carbonyl (C=O) groups excluding carboxylic acids is 1. The maximum Gasteiger partial charge on any atom is 0.309 e. The van der Waals surface area contributed by atoms with Crippen molar-refractivity contribution in [3.63, 3.8) is 0 Å². The van der Waals surface area contributed by atoms with Gasteiger partial charge in [-0.2, -0.15) is 5.10 Å². The molecule has 0 unspecified atom stereocenters. The molecule has 0 aromatic heterocycles. The number of rotatable bonds is 3. The van der Waals surface area contributed by atoms with Gasteiger partial charge in [0.15, 0.2) is 0 Å². The Labute approximate surface area is 96.2 Å². The maximum absolute atomic E-state index is 12.7. The lowest BCUT2D eigenvalue weighted by Crippen LogP contribution is -2.19. The minimum Gasteiger partial charge on any atom is -0.481 e. The number of halogens is 1. The fraction of sp³-hybridized carbons (Fsp3) is 0.182. The van der Waals surface area contributed by atoms with E-state index < -0.39 is 11.8 Å². The van der Waals surface area contributed by atoms with Crippen molar-refractivity contribution in [3.05, 3.63) is 30.1 Å². The monoisotopic (exact) mass is 236 g/mol. The number of carboxylic acid groups (broad SMARTS) is 1. The van der Waals surface area contributed by atoms with E-state index >= 15 is 0 Å². The number of amides is 1. The summed E-state index contributed by atoms with van der Waals surface area (Å²) in [5.41, 5.74) is 0.726. The summed E-state index contributed by atoms with van der Waals surface area (Å²) in [4.78, 5) is 22.1. The topological polar surface area (TPSA) is 70.0 Å². The van der Waals surface area contributed by atoms with Gasteiger partial charge in [0.05, 0.1) is 24.2 Å². The molecule has 88 valence electrons. The van der Waals surface area contributed by atoms with Gasteiger partial charge in [-0.25, -0.2) is 9.40 Å². The molecule has 1 aromatic carbocycles. The van der Waals surface area contributed by atoms with E-state index in [4.69, 9.17) is 5.11 Å². The van der Waals surface area contributed by atoms with Gasteiger partial charge in [0, 0.05) is 0 Å². The first-order valence-electron chi connectivity index (χ1n) is 4.93. The molecule has 5 nitrogen and oxygen atoms in total. The number of carboxylic acids is 1. The zero-order chi connectivity index (χ0) is 12.4. The van der Waals surface area contributed by atoms with Gasteiger partial charge in [-0.05, 0) is 24.3 Å². The van der Waals surface area contributed by atoms with Crippen molar-refractivity contribution < 1.29 is 19.1 Å². The minimum absolute atomic E-state index is 0.0102. The van der Waals surface area contributed by atoms with E-state index in [1.165, 1.54) is 24.3 Å². The highest BCUT2D eigenvalue weighted by Crippen LogP contribution is 2.21. The average Bonchev–Trinajstić information content (AvgIpc) is 2.59. The number of hydrogen-bond donors (Lipinski definition) is 1. The van der Waals surface area contributed by atoms with Gasteiger partial charge in [-0.3, -0.25) is 9.59 Å². The third kappa shape index (κ3) is 2.47. The Morgan fingerprint density at radius 2 is 2.06 bits per heavy atom. The van der Waals surface area contributed by atoms with Crippen LogP contribution in [0.3, 0.4) is 0 Å². The Hall–Kier alpha value is -2.24. The number of anilines is 1. The molecule has 0 fully saturated rings. The molecular weight excluding hydrogens is 227 g/mol. The van der Waals surface area contributed by atoms with Crippen LogP contribution >= 0.6 is 0 Å². The number of benzene rings is 1. The van der Waals surface area contributed by atoms with E-state index in [2.05, 4.69) is 5.10 Å². The van der Waals surface area contributed by atoms with Crippen LogP contribution in [0.2, 0.25) is 0 Å². The van der Waals surface area contributed by atoms with Crippen molar-refractivity contribution in [2.24, 2.45) is 5.10 Å². The molecule has 17 heavy (non-hydrogen) atoms. The van der Waals surface area contributed by atoms with Gasteiger partial charge in [-0.1, -0.05) is 0 Å². The van der Waals surface area contributed by atoms with Crippen LogP contribution in [-0.4, -0.2) is 22.7 Å².